The summed E-state index contributed by atoms with van der Waals surface area (Å²) in [7, 11) is 1.68. The summed E-state index contributed by atoms with van der Waals surface area (Å²) >= 11 is 5.68. The molecule has 23 heavy (non-hydrogen) atoms. The number of nitrogens with one attached hydrogen (secondary N) is 2. The number of pyridine rings is 1. The number of alkyl halides is 1. The second kappa shape index (κ2) is 7.49. The highest BCUT2D eigenvalue weighted by Crippen LogP contribution is 2.34. The second-order valence-electron chi connectivity index (χ2n) is 5.23. The Kier molecular flexibility index (Phi) is 5.16. The number of hydrogen-bond donors (Lipinski definition) is 2. The van der Waals surface area contributed by atoms with E-state index in [4.69, 9.17) is 21.3 Å². The van der Waals surface area contributed by atoms with Crippen LogP contribution in [-0.4, -0.2) is 37.6 Å². The molecule has 0 amide bonds. The van der Waals surface area contributed by atoms with Crippen molar-refractivity contribution in [1.29, 1.82) is 0 Å². The van der Waals surface area contributed by atoms with E-state index in [2.05, 4.69) is 22.8 Å². The fourth-order valence-electron chi connectivity index (χ4n) is 2.71. The highest BCUT2D eigenvalue weighted by Gasteiger charge is 2.11. The van der Waals surface area contributed by atoms with Gasteiger partial charge in [0.15, 0.2) is 0 Å². The minimum atomic E-state index is 0.623. The summed E-state index contributed by atoms with van der Waals surface area (Å²) in [4.78, 5) is 4.77. The van der Waals surface area contributed by atoms with Gasteiger partial charge in [0.05, 0.1) is 18.3 Å². The lowest BCUT2D eigenvalue weighted by atomic mass is 10.1. The second-order valence-corrected chi connectivity index (χ2v) is 5.60. The van der Waals surface area contributed by atoms with Gasteiger partial charge in [0.2, 0.25) is 0 Å². The highest BCUT2D eigenvalue weighted by molar-refractivity contribution is 6.18. The van der Waals surface area contributed by atoms with Gasteiger partial charge in [0.25, 0.3) is 0 Å². The SMILES string of the molecule is COc1cccc2c(NCCNCCCl)c3ccccc3nc12. The van der Waals surface area contributed by atoms with Crippen LogP contribution in [0.2, 0.25) is 0 Å². The minimum Gasteiger partial charge on any atom is -0.494 e. The van der Waals surface area contributed by atoms with Crippen LogP contribution in [0.15, 0.2) is 42.5 Å². The smallest absolute Gasteiger partial charge is 0.145 e. The largest absolute Gasteiger partial charge is 0.494 e. The maximum Gasteiger partial charge on any atom is 0.145 e. The Hall–Kier alpha value is -2.04. The molecule has 0 bridgehead atoms. The van der Waals surface area contributed by atoms with Gasteiger partial charge in [0, 0.05) is 36.3 Å². The van der Waals surface area contributed by atoms with Crippen molar-refractivity contribution < 1.29 is 4.74 Å². The zero-order chi connectivity index (χ0) is 16.1. The number of aromatic nitrogens is 1. The number of benzene rings is 2. The van der Waals surface area contributed by atoms with Crippen molar-refractivity contribution in [3.63, 3.8) is 0 Å². The third-order valence-corrected chi connectivity index (χ3v) is 3.96. The molecule has 2 aromatic carbocycles. The monoisotopic (exact) mass is 329 g/mol. The molecule has 5 heteroatoms. The third-order valence-electron chi connectivity index (χ3n) is 3.77. The van der Waals surface area contributed by atoms with Gasteiger partial charge < -0.3 is 15.4 Å². The molecule has 0 saturated carbocycles. The predicted octanol–water partition coefficient (Wildman–Crippen LogP) is 3.64. The Morgan fingerprint density at radius 1 is 1.00 bits per heavy atom. The van der Waals surface area contributed by atoms with Crippen molar-refractivity contribution in [2.24, 2.45) is 0 Å². The molecule has 0 unspecified atom stereocenters. The van der Waals surface area contributed by atoms with Crippen molar-refractivity contribution in [1.82, 2.24) is 10.3 Å². The molecule has 3 rings (SSSR count). The van der Waals surface area contributed by atoms with Crippen molar-refractivity contribution in [2.75, 3.05) is 37.9 Å². The summed E-state index contributed by atoms with van der Waals surface area (Å²) in [6.07, 6.45) is 0. The van der Waals surface area contributed by atoms with Crippen LogP contribution in [0.3, 0.4) is 0 Å². The molecular formula is C18H20ClN3O. The number of halogens is 1. The van der Waals surface area contributed by atoms with Gasteiger partial charge in [-0.25, -0.2) is 4.98 Å². The summed E-state index contributed by atoms with van der Waals surface area (Å²) in [6.45, 7) is 2.49. The molecule has 0 aliphatic heterocycles. The molecule has 0 fully saturated rings. The summed E-state index contributed by atoms with van der Waals surface area (Å²) < 4.78 is 5.47. The van der Waals surface area contributed by atoms with Gasteiger partial charge in [0.1, 0.15) is 11.3 Å². The first kappa shape index (κ1) is 15.8. The molecule has 2 N–H and O–H groups in total. The number of methoxy groups -OCH3 is 1. The zero-order valence-corrected chi connectivity index (χ0v) is 13.9. The first-order chi connectivity index (χ1) is 11.3. The van der Waals surface area contributed by atoms with Crippen molar-refractivity contribution in [3.8, 4) is 5.75 Å². The fourth-order valence-corrected chi connectivity index (χ4v) is 2.84. The third kappa shape index (κ3) is 3.33. The number of nitrogens with zero attached hydrogens (tertiary/aromatic N) is 1. The van der Waals surface area contributed by atoms with Gasteiger partial charge in [-0.3, -0.25) is 0 Å². The van der Waals surface area contributed by atoms with Crippen LogP contribution in [0.5, 0.6) is 5.75 Å². The number of anilines is 1. The van der Waals surface area contributed by atoms with Crippen molar-refractivity contribution >= 4 is 39.1 Å². The number of fused-ring (bicyclic) bond motifs is 2. The molecule has 4 nitrogen and oxygen atoms in total. The molecular weight excluding hydrogens is 310 g/mol. The van der Waals surface area contributed by atoms with Crippen LogP contribution in [0.1, 0.15) is 0 Å². The van der Waals surface area contributed by atoms with E-state index in [0.717, 1.165) is 52.9 Å². The molecule has 0 aliphatic carbocycles. The summed E-state index contributed by atoms with van der Waals surface area (Å²) in [5.74, 6) is 1.41. The Balaban J connectivity index is 2.04. The van der Waals surface area contributed by atoms with E-state index in [9.17, 15) is 0 Å². The Morgan fingerprint density at radius 2 is 1.83 bits per heavy atom. The summed E-state index contributed by atoms with van der Waals surface area (Å²) in [6, 6.07) is 14.2. The number of ether oxygens (including phenoxy) is 1. The normalized spacial score (nSPS) is 11.0. The topological polar surface area (TPSA) is 46.2 Å². The van der Waals surface area contributed by atoms with E-state index in [0.29, 0.717) is 5.88 Å². The number of rotatable bonds is 7. The van der Waals surface area contributed by atoms with Crippen LogP contribution in [0, 0.1) is 0 Å². The summed E-state index contributed by atoms with van der Waals surface area (Å²) in [5, 5.41) is 9.02. The maximum absolute atomic E-state index is 5.68. The lowest BCUT2D eigenvalue weighted by molar-refractivity contribution is 0.419. The molecule has 0 radical (unpaired) electrons. The van der Waals surface area contributed by atoms with Crippen LogP contribution < -0.4 is 15.4 Å². The van der Waals surface area contributed by atoms with Gasteiger partial charge in [-0.15, -0.1) is 11.6 Å². The molecule has 0 atom stereocenters. The highest BCUT2D eigenvalue weighted by atomic mass is 35.5. The molecule has 120 valence electrons. The van der Waals surface area contributed by atoms with E-state index in [-0.39, 0.29) is 0 Å². The van der Waals surface area contributed by atoms with Crippen molar-refractivity contribution in [2.45, 2.75) is 0 Å². The zero-order valence-electron chi connectivity index (χ0n) is 13.1. The van der Waals surface area contributed by atoms with Crippen LogP contribution in [0.25, 0.3) is 21.8 Å². The lowest BCUT2D eigenvalue weighted by Gasteiger charge is -2.15. The lowest BCUT2D eigenvalue weighted by Crippen LogP contribution is -2.24. The predicted molar refractivity (Wildman–Crippen MR) is 97.9 cm³/mol. The van der Waals surface area contributed by atoms with E-state index in [1.807, 2.05) is 30.3 Å². The summed E-state index contributed by atoms with van der Waals surface area (Å²) in [5.41, 5.74) is 2.93. The van der Waals surface area contributed by atoms with E-state index < -0.39 is 0 Å². The first-order valence-electron chi connectivity index (χ1n) is 7.71. The van der Waals surface area contributed by atoms with E-state index in [1.54, 1.807) is 7.11 Å². The standard InChI is InChI=1S/C18H20ClN3O/c1-23-16-8-4-6-14-17(21-12-11-20-10-9-19)13-5-2-3-7-15(13)22-18(14)16/h2-8,20H,9-12H2,1H3,(H,21,22). The molecule has 0 spiro atoms. The Bertz CT molecular complexity index is 807. The van der Waals surface area contributed by atoms with Crippen LogP contribution >= 0.6 is 11.6 Å². The Morgan fingerprint density at radius 3 is 2.65 bits per heavy atom. The van der Waals surface area contributed by atoms with Crippen LogP contribution in [0.4, 0.5) is 5.69 Å². The minimum absolute atomic E-state index is 0.623. The average molecular weight is 330 g/mol. The van der Waals surface area contributed by atoms with Crippen molar-refractivity contribution in [3.05, 3.63) is 42.5 Å². The quantitative estimate of drug-likeness (QED) is 0.395. The fraction of sp³-hybridized carbons (Fsp3) is 0.278. The first-order valence-corrected chi connectivity index (χ1v) is 8.24. The maximum atomic E-state index is 5.68. The number of hydrogen-bond acceptors (Lipinski definition) is 4. The molecule has 0 aliphatic rings. The molecule has 3 aromatic rings. The van der Waals surface area contributed by atoms with E-state index in [1.165, 1.54) is 0 Å². The van der Waals surface area contributed by atoms with Gasteiger partial charge >= 0.3 is 0 Å². The number of para-hydroxylation sites is 2. The van der Waals surface area contributed by atoms with Gasteiger partial charge in [-0.2, -0.15) is 0 Å². The molecule has 1 aromatic heterocycles. The van der Waals surface area contributed by atoms with Crippen LogP contribution in [-0.2, 0) is 0 Å². The molecule has 1 heterocycles. The Labute approximate surface area is 140 Å². The van der Waals surface area contributed by atoms with E-state index >= 15 is 0 Å². The van der Waals surface area contributed by atoms with Gasteiger partial charge in [-0.05, 0) is 12.1 Å². The van der Waals surface area contributed by atoms with Gasteiger partial charge in [-0.1, -0.05) is 30.3 Å². The average Bonchev–Trinajstić information content (AvgIpc) is 2.60. The molecule has 0 saturated heterocycles.